The highest BCUT2D eigenvalue weighted by molar-refractivity contribution is 7.75. The predicted molar refractivity (Wildman–Crippen MR) is 85.8 cm³/mol. The molecule has 0 aromatic heterocycles. The van der Waals surface area contributed by atoms with Gasteiger partial charge in [0.05, 0.1) is 37.2 Å². The molecule has 0 atom stereocenters. The summed E-state index contributed by atoms with van der Waals surface area (Å²) in [4.78, 5) is 10.2. The molecule has 1 aromatic carbocycles. The van der Waals surface area contributed by atoms with Gasteiger partial charge in [-0.3, -0.25) is 0 Å². The van der Waals surface area contributed by atoms with E-state index in [2.05, 4.69) is 27.7 Å². The van der Waals surface area contributed by atoms with E-state index in [-0.39, 0.29) is 12.2 Å². The zero-order valence-electron chi connectivity index (χ0n) is 13.1. The highest BCUT2D eigenvalue weighted by Crippen LogP contribution is 2.57. The second kappa shape index (κ2) is 9.90. The van der Waals surface area contributed by atoms with Gasteiger partial charge in [-0.05, 0) is 38.8 Å². The van der Waals surface area contributed by atoms with E-state index in [1.807, 2.05) is 0 Å². The van der Waals surface area contributed by atoms with Crippen molar-refractivity contribution in [2.75, 3.05) is 24.6 Å². The summed E-state index contributed by atoms with van der Waals surface area (Å²) in [6.45, 7) is 9.33. The van der Waals surface area contributed by atoms with Gasteiger partial charge < -0.3 is 15.0 Å². The zero-order valence-corrected chi connectivity index (χ0v) is 14.0. The number of aromatic carboxylic acids is 1. The molecule has 0 bridgehead atoms. The van der Waals surface area contributed by atoms with Crippen LogP contribution in [0.25, 0.3) is 0 Å². The molecule has 3 nitrogen and oxygen atoms in total. The lowest BCUT2D eigenvalue weighted by Crippen LogP contribution is -2.21. The van der Waals surface area contributed by atoms with Crippen molar-refractivity contribution in [3.8, 4) is 0 Å². The van der Waals surface area contributed by atoms with E-state index < -0.39 is 13.2 Å². The molecule has 0 aliphatic rings. The van der Waals surface area contributed by atoms with Gasteiger partial charge in [-0.2, -0.15) is 0 Å². The lowest BCUT2D eigenvalue weighted by Gasteiger charge is -2.20. The molecular formula is C16H27O3P. The molecule has 0 saturated heterocycles. The summed E-state index contributed by atoms with van der Waals surface area (Å²) in [6, 6.07) is 5.90. The molecule has 0 aliphatic carbocycles. The molecule has 20 heavy (non-hydrogen) atoms. The lowest BCUT2D eigenvalue weighted by molar-refractivity contribution is -0.255. The third-order valence-corrected chi connectivity index (χ3v) is 9.42. The molecule has 1 rings (SSSR count). The van der Waals surface area contributed by atoms with E-state index in [0.717, 1.165) is 0 Å². The van der Waals surface area contributed by atoms with Crippen molar-refractivity contribution >= 4 is 13.2 Å². The fourth-order valence-corrected chi connectivity index (χ4v) is 4.77. The topological polar surface area (TPSA) is 60.4 Å². The first-order chi connectivity index (χ1) is 9.48. The largest absolute Gasteiger partial charge is 0.545 e. The standard InChI is InChI=1S/C8H8O3.C8H20P/c9-5-6-1-3-7(4-2-6)8(10)11;1-5-9(6-2,7-3)8-4/h1-4,9H,5H2,(H,10,11);5-8H2,1-4H3/q;+1/p-1. The van der Waals surface area contributed by atoms with Crippen molar-refractivity contribution in [2.24, 2.45) is 0 Å². The van der Waals surface area contributed by atoms with Crippen LogP contribution < -0.4 is 5.11 Å². The maximum absolute atomic E-state index is 10.2. The van der Waals surface area contributed by atoms with Crippen LogP contribution in [0.1, 0.15) is 43.6 Å². The van der Waals surface area contributed by atoms with Gasteiger partial charge in [-0.25, -0.2) is 0 Å². The summed E-state index contributed by atoms with van der Waals surface area (Å²) in [5.41, 5.74) is 0.817. The lowest BCUT2D eigenvalue weighted by atomic mass is 10.1. The van der Waals surface area contributed by atoms with Crippen LogP contribution in [0.5, 0.6) is 0 Å². The first kappa shape index (κ1) is 19.1. The first-order valence-corrected chi connectivity index (χ1v) is 9.77. The van der Waals surface area contributed by atoms with Crippen molar-refractivity contribution in [3.63, 3.8) is 0 Å². The van der Waals surface area contributed by atoms with Gasteiger partial charge in [0.15, 0.2) is 0 Å². The van der Waals surface area contributed by atoms with Crippen LogP contribution in [0.15, 0.2) is 24.3 Å². The maximum atomic E-state index is 10.2. The van der Waals surface area contributed by atoms with Gasteiger partial charge in [0, 0.05) is 7.26 Å². The third kappa shape index (κ3) is 6.02. The molecule has 0 aliphatic heterocycles. The highest BCUT2D eigenvalue weighted by Gasteiger charge is 2.27. The van der Waals surface area contributed by atoms with Crippen molar-refractivity contribution in [3.05, 3.63) is 35.4 Å². The molecule has 0 amide bonds. The molecule has 1 N–H and O–H groups in total. The Morgan fingerprint density at radius 2 is 1.40 bits per heavy atom. The Balaban J connectivity index is 0.000000370. The number of carbonyl (C=O) groups excluding carboxylic acids is 1. The fraction of sp³-hybridized carbons (Fsp3) is 0.562. The molecule has 1 aromatic rings. The molecule has 0 saturated carbocycles. The number of aliphatic hydroxyl groups is 1. The van der Waals surface area contributed by atoms with Gasteiger partial charge in [-0.1, -0.05) is 24.3 Å². The Labute approximate surface area is 123 Å². The molecule has 114 valence electrons. The average molecular weight is 298 g/mol. The number of carbonyl (C=O) groups is 1. The molecular weight excluding hydrogens is 271 g/mol. The van der Waals surface area contributed by atoms with Crippen molar-refractivity contribution < 1.29 is 15.0 Å². The van der Waals surface area contributed by atoms with E-state index >= 15 is 0 Å². The van der Waals surface area contributed by atoms with Crippen molar-refractivity contribution in [1.29, 1.82) is 0 Å². The smallest absolute Gasteiger partial charge is 0.0715 e. The minimum absolute atomic E-state index is 0.0761. The number of carboxylic acid groups (broad SMARTS) is 1. The quantitative estimate of drug-likeness (QED) is 0.821. The van der Waals surface area contributed by atoms with Gasteiger partial charge in [0.25, 0.3) is 0 Å². The van der Waals surface area contributed by atoms with E-state index in [0.29, 0.717) is 5.56 Å². The number of aliphatic hydroxyl groups excluding tert-OH is 1. The number of carboxylic acids is 1. The van der Waals surface area contributed by atoms with E-state index in [1.165, 1.54) is 36.8 Å². The molecule has 0 radical (unpaired) electrons. The van der Waals surface area contributed by atoms with Crippen LogP contribution in [0.3, 0.4) is 0 Å². The third-order valence-electron chi connectivity index (χ3n) is 4.06. The summed E-state index contributed by atoms with van der Waals surface area (Å²) in [5, 5.41) is 18.8. The zero-order chi connectivity index (χ0) is 15.6. The van der Waals surface area contributed by atoms with E-state index in [1.54, 1.807) is 12.1 Å². The number of rotatable bonds is 6. The van der Waals surface area contributed by atoms with E-state index in [9.17, 15) is 9.90 Å². The SMILES string of the molecule is CC[P+](CC)(CC)CC.O=C([O-])c1ccc(CO)cc1. The predicted octanol–water partition coefficient (Wildman–Crippen LogP) is 2.63. The minimum Gasteiger partial charge on any atom is -0.545 e. The van der Waals surface area contributed by atoms with Crippen molar-refractivity contribution in [1.82, 2.24) is 0 Å². The van der Waals surface area contributed by atoms with E-state index in [4.69, 9.17) is 5.11 Å². The maximum Gasteiger partial charge on any atom is 0.0715 e. The van der Waals surface area contributed by atoms with Crippen LogP contribution in [0, 0.1) is 0 Å². The monoisotopic (exact) mass is 298 g/mol. The number of benzene rings is 1. The Bertz CT molecular complexity index is 366. The van der Waals surface area contributed by atoms with Crippen LogP contribution in [-0.2, 0) is 6.61 Å². The molecule has 4 heteroatoms. The summed E-state index contributed by atoms with van der Waals surface area (Å²) in [7, 11) is -0.420. The van der Waals surface area contributed by atoms with Crippen LogP contribution in [0.4, 0.5) is 0 Å². The van der Waals surface area contributed by atoms with Gasteiger partial charge in [0.1, 0.15) is 0 Å². The average Bonchev–Trinajstić information content (AvgIpc) is 2.51. The fourth-order valence-electron chi connectivity index (χ4n) is 2.09. The second-order valence-corrected chi connectivity index (χ2v) is 9.96. The molecule has 0 heterocycles. The normalized spacial score (nSPS) is 10.7. The summed E-state index contributed by atoms with van der Waals surface area (Å²) in [5.74, 6) is -1.20. The Hall–Kier alpha value is -0.920. The Morgan fingerprint density at radius 3 is 1.60 bits per heavy atom. The Morgan fingerprint density at radius 1 is 1.00 bits per heavy atom. The summed E-state index contributed by atoms with van der Waals surface area (Å²) >= 11 is 0. The van der Waals surface area contributed by atoms with Crippen LogP contribution in [0.2, 0.25) is 0 Å². The molecule has 0 spiro atoms. The van der Waals surface area contributed by atoms with Gasteiger partial charge in [-0.15, -0.1) is 0 Å². The van der Waals surface area contributed by atoms with Gasteiger partial charge in [0.2, 0.25) is 0 Å². The molecule has 0 fully saturated rings. The van der Waals surface area contributed by atoms with Crippen LogP contribution >= 0.6 is 7.26 Å². The number of hydrogen-bond acceptors (Lipinski definition) is 3. The molecule has 0 unspecified atom stereocenters. The first-order valence-electron chi connectivity index (χ1n) is 7.24. The Kier molecular flexibility index (Phi) is 9.45. The second-order valence-electron chi connectivity index (χ2n) is 4.75. The van der Waals surface area contributed by atoms with Crippen molar-refractivity contribution in [2.45, 2.75) is 34.3 Å². The summed E-state index contributed by atoms with van der Waals surface area (Å²) < 4.78 is 0. The number of hydrogen-bond donors (Lipinski definition) is 1. The summed E-state index contributed by atoms with van der Waals surface area (Å²) in [6.07, 6.45) is 5.82. The van der Waals surface area contributed by atoms with Gasteiger partial charge >= 0.3 is 0 Å². The minimum atomic E-state index is -1.20. The van der Waals surface area contributed by atoms with Crippen LogP contribution in [-0.4, -0.2) is 35.7 Å². The highest BCUT2D eigenvalue weighted by atomic mass is 31.2.